The van der Waals surface area contributed by atoms with E-state index in [4.69, 9.17) is 0 Å². The molecular formula is C14H16N2O5. The number of imide groups is 2. The average molecular weight is 292 g/mol. The summed E-state index contributed by atoms with van der Waals surface area (Å²) in [5.41, 5.74) is 0. The summed E-state index contributed by atoms with van der Waals surface area (Å²) >= 11 is 0. The van der Waals surface area contributed by atoms with Gasteiger partial charge in [-0.2, -0.15) is 0 Å². The van der Waals surface area contributed by atoms with Crippen molar-refractivity contribution in [1.82, 2.24) is 9.80 Å². The molecular weight excluding hydrogens is 276 g/mol. The summed E-state index contributed by atoms with van der Waals surface area (Å²) in [5.74, 6) is -1.45. The van der Waals surface area contributed by atoms with E-state index >= 15 is 0 Å². The minimum Gasteiger partial charge on any atom is -0.298 e. The van der Waals surface area contributed by atoms with Gasteiger partial charge in [-0.25, -0.2) is 0 Å². The van der Waals surface area contributed by atoms with Crippen molar-refractivity contribution in [3.05, 3.63) is 12.2 Å². The Morgan fingerprint density at radius 3 is 2.05 bits per heavy atom. The first-order valence-corrected chi connectivity index (χ1v) is 6.87. The Balaban J connectivity index is 1.66. The molecule has 1 fully saturated rings. The van der Waals surface area contributed by atoms with Crippen LogP contribution in [0.15, 0.2) is 12.2 Å². The second-order valence-corrected chi connectivity index (χ2v) is 5.03. The number of Topliss-reactive ketones (excluding diaryl/α,β-unsaturated/α-hetero) is 1. The average Bonchev–Trinajstić information content (AvgIpc) is 2.92. The molecule has 7 heteroatoms. The van der Waals surface area contributed by atoms with Crippen molar-refractivity contribution >= 4 is 29.4 Å². The van der Waals surface area contributed by atoms with Gasteiger partial charge in [0.2, 0.25) is 11.8 Å². The lowest BCUT2D eigenvalue weighted by Crippen LogP contribution is -2.34. The second-order valence-electron chi connectivity index (χ2n) is 5.03. The summed E-state index contributed by atoms with van der Waals surface area (Å²) in [5, 5.41) is 0. The lowest BCUT2D eigenvalue weighted by atomic mass is 10.1. The van der Waals surface area contributed by atoms with Crippen LogP contribution in [0.3, 0.4) is 0 Å². The molecule has 21 heavy (non-hydrogen) atoms. The summed E-state index contributed by atoms with van der Waals surface area (Å²) in [6.07, 6.45) is 4.05. The summed E-state index contributed by atoms with van der Waals surface area (Å²) < 4.78 is 0. The predicted octanol–water partition coefficient (Wildman–Crippen LogP) is -0.200. The van der Waals surface area contributed by atoms with Crippen LogP contribution in [-0.4, -0.2) is 52.3 Å². The molecule has 2 aliphatic heterocycles. The number of ketones is 1. The van der Waals surface area contributed by atoms with Gasteiger partial charge < -0.3 is 0 Å². The molecule has 0 aromatic rings. The third kappa shape index (κ3) is 3.62. The molecule has 0 aromatic carbocycles. The van der Waals surface area contributed by atoms with E-state index in [9.17, 15) is 24.0 Å². The molecule has 0 radical (unpaired) electrons. The van der Waals surface area contributed by atoms with Crippen LogP contribution in [0.25, 0.3) is 0 Å². The molecule has 0 saturated carbocycles. The maximum absolute atomic E-state index is 11.7. The number of amides is 4. The molecule has 0 aliphatic carbocycles. The van der Waals surface area contributed by atoms with Gasteiger partial charge >= 0.3 is 0 Å². The van der Waals surface area contributed by atoms with E-state index in [1.54, 1.807) is 0 Å². The highest BCUT2D eigenvalue weighted by molar-refractivity contribution is 6.12. The first-order valence-electron chi connectivity index (χ1n) is 6.87. The predicted molar refractivity (Wildman–Crippen MR) is 70.7 cm³/mol. The number of rotatable bonds is 7. The third-order valence-electron chi connectivity index (χ3n) is 3.48. The smallest absolute Gasteiger partial charge is 0.253 e. The van der Waals surface area contributed by atoms with Crippen molar-refractivity contribution in [2.45, 2.75) is 32.1 Å². The van der Waals surface area contributed by atoms with Crippen molar-refractivity contribution in [2.24, 2.45) is 0 Å². The van der Waals surface area contributed by atoms with Crippen LogP contribution in [0.5, 0.6) is 0 Å². The molecule has 0 spiro atoms. The van der Waals surface area contributed by atoms with E-state index in [0.717, 1.165) is 9.80 Å². The Bertz CT molecular complexity index is 503. The van der Waals surface area contributed by atoms with Crippen molar-refractivity contribution in [3.8, 4) is 0 Å². The molecule has 0 unspecified atom stereocenters. The Morgan fingerprint density at radius 2 is 1.48 bits per heavy atom. The molecule has 0 atom stereocenters. The van der Waals surface area contributed by atoms with Crippen molar-refractivity contribution < 1.29 is 24.0 Å². The minimum absolute atomic E-state index is 0.166. The fourth-order valence-corrected chi connectivity index (χ4v) is 2.30. The van der Waals surface area contributed by atoms with E-state index in [1.165, 1.54) is 12.2 Å². The maximum Gasteiger partial charge on any atom is 0.253 e. The topological polar surface area (TPSA) is 91.8 Å². The number of hydrogen-bond donors (Lipinski definition) is 0. The molecule has 0 aromatic heterocycles. The van der Waals surface area contributed by atoms with Gasteiger partial charge in [-0.05, 0) is 12.8 Å². The van der Waals surface area contributed by atoms with Gasteiger partial charge in [0.15, 0.2) is 5.78 Å². The highest BCUT2D eigenvalue weighted by Crippen LogP contribution is 2.12. The lowest BCUT2D eigenvalue weighted by Gasteiger charge is -2.14. The van der Waals surface area contributed by atoms with E-state index < -0.39 is 0 Å². The third-order valence-corrected chi connectivity index (χ3v) is 3.48. The van der Waals surface area contributed by atoms with Crippen LogP contribution in [0.4, 0.5) is 0 Å². The Labute approximate surface area is 121 Å². The van der Waals surface area contributed by atoms with Crippen LogP contribution < -0.4 is 0 Å². The number of nitrogens with zero attached hydrogens (tertiary/aromatic N) is 2. The molecule has 112 valence electrons. The van der Waals surface area contributed by atoms with Crippen LogP contribution in [0.2, 0.25) is 0 Å². The number of likely N-dealkylation sites (tertiary alicyclic amines) is 1. The number of unbranched alkanes of at least 4 members (excludes halogenated alkanes) is 1. The fourth-order valence-electron chi connectivity index (χ4n) is 2.30. The lowest BCUT2D eigenvalue weighted by molar-refractivity contribution is -0.142. The quantitative estimate of drug-likeness (QED) is 0.478. The Kier molecular flexibility index (Phi) is 4.62. The molecule has 0 N–H and O–H groups in total. The molecule has 2 heterocycles. The van der Waals surface area contributed by atoms with Gasteiger partial charge in [-0.1, -0.05) is 0 Å². The highest BCUT2D eigenvalue weighted by atomic mass is 16.2. The molecule has 1 saturated heterocycles. The zero-order chi connectivity index (χ0) is 15.4. The molecule has 2 aliphatic rings. The van der Waals surface area contributed by atoms with Gasteiger partial charge in [-0.3, -0.25) is 33.8 Å². The van der Waals surface area contributed by atoms with Gasteiger partial charge in [0.05, 0.1) is 6.54 Å². The van der Waals surface area contributed by atoms with Crippen LogP contribution in [0, 0.1) is 0 Å². The van der Waals surface area contributed by atoms with E-state index in [0.29, 0.717) is 12.8 Å². The summed E-state index contributed by atoms with van der Waals surface area (Å²) in [4.78, 5) is 59.1. The molecule has 7 nitrogen and oxygen atoms in total. The SMILES string of the molecule is O=C(CCCCN1C(=O)C=CC1=O)CN1C(=O)CCC1=O. The van der Waals surface area contributed by atoms with Crippen LogP contribution in [-0.2, 0) is 24.0 Å². The monoisotopic (exact) mass is 292 g/mol. The zero-order valence-corrected chi connectivity index (χ0v) is 11.5. The van der Waals surface area contributed by atoms with Crippen LogP contribution >= 0.6 is 0 Å². The summed E-state index contributed by atoms with van der Waals surface area (Å²) in [6, 6.07) is 0. The largest absolute Gasteiger partial charge is 0.298 e. The number of carbonyl (C=O) groups is 5. The second kappa shape index (κ2) is 6.43. The van der Waals surface area contributed by atoms with Gasteiger partial charge in [0.25, 0.3) is 11.8 Å². The molecule has 2 rings (SSSR count). The normalized spacial score (nSPS) is 18.3. The van der Waals surface area contributed by atoms with Crippen molar-refractivity contribution in [3.63, 3.8) is 0 Å². The van der Waals surface area contributed by atoms with Gasteiger partial charge in [-0.15, -0.1) is 0 Å². The Hall–Kier alpha value is -2.31. The Morgan fingerprint density at radius 1 is 0.905 bits per heavy atom. The van der Waals surface area contributed by atoms with Gasteiger partial charge in [0, 0.05) is 38.0 Å². The fraction of sp³-hybridized carbons (Fsp3) is 0.500. The number of carbonyl (C=O) groups excluding carboxylic acids is 5. The minimum atomic E-state index is -0.334. The van der Waals surface area contributed by atoms with Crippen molar-refractivity contribution in [1.29, 1.82) is 0 Å². The van der Waals surface area contributed by atoms with Gasteiger partial charge in [0.1, 0.15) is 0 Å². The highest BCUT2D eigenvalue weighted by Gasteiger charge is 2.30. The standard InChI is InChI=1S/C14H16N2O5/c17-10(9-16-13(20)6-7-14(16)21)3-1-2-8-15-11(18)4-5-12(15)19/h4-5H,1-3,6-9H2. The summed E-state index contributed by atoms with van der Waals surface area (Å²) in [6.45, 7) is 0.111. The van der Waals surface area contributed by atoms with E-state index in [2.05, 4.69) is 0 Å². The van der Waals surface area contributed by atoms with E-state index in [1.807, 2.05) is 0 Å². The van der Waals surface area contributed by atoms with Crippen molar-refractivity contribution in [2.75, 3.05) is 13.1 Å². The number of hydrogen-bond acceptors (Lipinski definition) is 5. The zero-order valence-electron chi connectivity index (χ0n) is 11.5. The summed E-state index contributed by atoms with van der Waals surface area (Å²) in [7, 11) is 0. The van der Waals surface area contributed by atoms with Crippen LogP contribution in [0.1, 0.15) is 32.1 Å². The molecule has 0 bridgehead atoms. The first-order chi connectivity index (χ1) is 9.99. The molecule has 4 amide bonds. The first kappa shape index (κ1) is 15.1. The van der Waals surface area contributed by atoms with E-state index in [-0.39, 0.29) is 61.8 Å². The maximum atomic E-state index is 11.7.